The van der Waals surface area contributed by atoms with Gasteiger partial charge in [0.2, 0.25) is 0 Å². The average Bonchev–Trinajstić information content (AvgIpc) is 3.58. The van der Waals surface area contributed by atoms with E-state index in [1.807, 2.05) is 52.0 Å². The summed E-state index contributed by atoms with van der Waals surface area (Å²) in [6.07, 6.45) is 2.18. The first-order valence-electron chi connectivity index (χ1n) is 11.2. The minimum absolute atomic E-state index is 0.0481. The fraction of sp³-hybridized carbons (Fsp3) is 0.370. The summed E-state index contributed by atoms with van der Waals surface area (Å²) in [5, 5.41) is 18.3. The van der Waals surface area contributed by atoms with E-state index in [4.69, 9.17) is 14.4 Å². The van der Waals surface area contributed by atoms with Crippen molar-refractivity contribution in [1.29, 1.82) is 0 Å². The maximum atomic E-state index is 11.6. The van der Waals surface area contributed by atoms with Gasteiger partial charge in [0.05, 0.1) is 13.4 Å². The second-order valence-corrected chi connectivity index (χ2v) is 9.22. The van der Waals surface area contributed by atoms with Gasteiger partial charge in [0.15, 0.2) is 0 Å². The molecule has 0 saturated heterocycles. The molecule has 0 radical (unpaired) electrons. The standard InChI is InChI=1S/C27H32N2O5/c1-18(28-33-16-20-13-9-10-14-21(20)24(17-32-5)26(30)31)25(29-34-27(2,3)4)23-15-22(23)19-11-7-6-8-12-19/h6-14,17,22-23H,15-16H2,1-5H3,(H,30,31)/b24-17+,28-18?,29-25?/t22-,23+/m0/s1. The summed E-state index contributed by atoms with van der Waals surface area (Å²) in [7, 11) is 1.41. The van der Waals surface area contributed by atoms with E-state index in [-0.39, 0.29) is 18.1 Å². The number of aliphatic carboxylic acids is 1. The number of ether oxygens (including phenoxy) is 1. The molecule has 0 unspecified atom stereocenters. The van der Waals surface area contributed by atoms with Gasteiger partial charge >= 0.3 is 5.97 Å². The summed E-state index contributed by atoms with van der Waals surface area (Å²) in [5.74, 6) is -0.511. The van der Waals surface area contributed by atoms with Crippen molar-refractivity contribution >= 4 is 23.0 Å². The van der Waals surface area contributed by atoms with E-state index in [1.54, 1.807) is 18.2 Å². The van der Waals surface area contributed by atoms with Crippen LogP contribution in [0.25, 0.3) is 5.57 Å². The van der Waals surface area contributed by atoms with Gasteiger partial charge in [-0.1, -0.05) is 64.9 Å². The predicted octanol–water partition coefficient (Wildman–Crippen LogP) is 5.63. The maximum Gasteiger partial charge on any atom is 0.339 e. The molecule has 1 aliphatic rings. The fourth-order valence-corrected chi connectivity index (χ4v) is 3.66. The quantitative estimate of drug-likeness (QED) is 0.213. The van der Waals surface area contributed by atoms with Crippen molar-refractivity contribution in [3.05, 3.63) is 77.5 Å². The first-order valence-corrected chi connectivity index (χ1v) is 11.2. The molecule has 0 bridgehead atoms. The highest BCUT2D eigenvalue weighted by atomic mass is 16.6. The molecule has 1 saturated carbocycles. The van der Waals surface area contributed by atoms with Gasteiger partial charge in [-0.05, 0) is 51.2 Å². The van der Waals surface area contributed by atoms with E-state index in [0.717, 1.165) is 12.1 Å². The normalized spacial score (nSPS) is 18.9. The van der Waals surface area contributed by atoms with Crippen molar-refractivity contribution in [2.75, 3.05) is 7.11 Å². The average molecular weight is 465 g/mol. The van der Waals surface area contributed by atoms with Gasteiger partial charge in [-0.2, -0.15) is 0 Å². The van der Waals surface area contributed by atoms with Crippen molar-refractivity contribution < 1.29 is 24.3 Å². The third-order valence-corrected chi connectivity index (χ3v) is 5.35. The molecular weight excluding hydrogens is 432 g/mol. The largest absolute Gasteiger partial charge is 0.503 e. The van der Waals surface area contributed by atoms with E-state index >= 15 is 0 Å². The molecule has 1 aliphatic carbocycles. The van der Waals surface area contributed by atoms with Crippen LogP contribution in [0.2, 0.25) is 0 Å². The van der Waals surface area contributed by atoms with Gasteiger partial charge in [-0.15, -0.1) is 0 Å². The number of methoxy groups -OCH3 is 1. The lowest BCUT2D eigenvalue weighted by atomic mass is 10.0. The highest BCUT2D eigenvalue weighted by molar-refractivity contribution is 6.42. The molecule has 1 N–H and O–H groups in total. The molecule has 34 heavy (non-hydrogen) atoms. The highest BCUT2D eigenvalue weighted by Crippen LogP contribution is 2.48. The zero-order valence-corrected chi connectivity index (χ0v) is 20.3. The lowest BCUT2D eigenvalue weighted by molar-refractivity contribution is -0.130. The Hall–Kier alpha value is -3.61. The Balaban J connectivity index is 1.78. The van der Waals surface area contributed by atoms with Crippen LogP contribution in [0.5, 0.6) is 0 Å². The van der Waals surface area contributed by atoms with Crippen LogP contribution in [-0.2, 0) is 25.8 Å². The number of oxime groups is 2. The Morgan fingerprint density at radius 2 is 1.76 bits per heavy atom. The van der Waals surface area contributed by atoms with Crippen LogP contribution in [0.1, 0.15) is 56.7 Å². The first-order chi connectivity index (χ1) is 16.2. The van der Waals surface area contributed by atoms with E-state index in [0.29, 0.717) is 22.8 Å². The SMILES string of the molecule is CO/C=C(/C(=O)O)c1ccccc1CON=C(C)C(=NOC(C)(C)C)[C@@H]1C[C@H]1c1ccccc1. The number of rotatable bonds is 10. The minimum Gasteiger partial charge on any atom is -0.503 e. The Kier molecular flexibility index (Phi) is 8.10. The van der Waals surface area contributed by atoms with Gasteiger partial charge in [0.1, 0.15) is 29.2 Å². The molecule has 0 spiro atoms. The van der Waals surface area contributed by atoms with E-state index < -0.39 is 11.6 Å². The minimum atomic E-state index is -1.08. The Bertz CT molecular complexity index is 1080. The summed E-state index contributed by atoms with van der Waals surface area (Å²) in [6, 6.07) is 17.4. The van der Waals surface area contributed by atoms with Crippen LogP contribution >= 0.6 is 0 Å². The number of nitrogens with zero attached hydrogens (tertiary/aromatic N) is 2. The predicted molar refractivity (Wildman–Crippen MR) is 133 cm³/mol. The summed E-state index contributed by atoms with van der Waals surface area (Å²) in [5.41, 5.74) is 3.49. The molecule has 7 nitrogen and oxygen atoms in total. The summed E-state index contributed by atoms with van der Waals surface area (Å²) < 4.78 is 4.94. The van der Waals surface area contributed by atoms with Crippen molar-refractivity contribution in [3.63, 3.8) is 0 Å². The molecule has 0 amide bonds. The van der Waals surface area contributed by atoms with Crippen LogP contribution in [0, 0.1) is 5.92 Å². The second-order valence-electron chi connectivity index (χ2n) is 9.22. The summed E-state index contributed by atoms with van der Waals surface area (Å²) in [6.45, 7) is 7.79. The van der Waals surface area contributed by atoms with Crippen LogP contribution in [0.3, 0.4) is 0 Å². The second kappa shape index (κ2) is 11.0. The van der Waals surface area contributed by atoms with Gasteiger partial charge in [-0.25, -0.2) is 4.79 Å². The first kappa shape index (κ1) is 25.0. The Labute approximate surface area is 200 Å². The molecule has 0 aliphatic heterocycles. The molecule has 1 fully saturated rings. The molecule has 180 valence electrons. The zero-order valence-electron chi connectivity index (χ0n) is 20.3. The maximum absolute atomic E-state index is 11.6. The topological polar surface area (TPSA) is 89.7 Å². The van der Waals surface area contributed by atoms with Crippen molar-refractivity contribution in [2.24, 2.45) is 16.2 Å². The lowest BCUT2D eigenvalue weighted by Gasteiger charge is -2.17. The zero-order chi connectivity index (χ0) is 24.7. The molecule has 2 aromatic carbocycles. The highest BCUT2D eigenvalue weighted by Gasteiger charge is 2.43. The Morgan fingerprint density at radius 1 is 1.09 bits per heavy atom. The van der Waals surface area contributed by atoms with E-state index in [2.05, 4.69) is 22.4 Å². The van der Waals surface area contributed by atoms with Gasteiger partial charge < -0.3 is 19.5 Å². The van der Waals surface area contributed by atoms with Crippen molar-refractivity contribution in [2.45, 2.75) is 52.2 Å². The molecule has 2 atom stereocenters. The smallest absolute Gasteiger partial charge is 0.339 e. The molecule has 0 heterocycles. The fourth-order valence-electron chi connectivity index (χ4n) is 3.66. The molecule has 7 heteroatoms. The van der Waals surface area contributed by atoms with Crippen LogP contribution in [0.4, 0.5) is 0 Å². The van der Waals surface area contributed by atoms with Gasteiger partial charge in [-0.3, -0.25) is 0 Å². The van der Waals surface area contributed by atoms with Crippen molar-refractivity contribution in [3.8, 4) is 0 Å². The molecule has 3 rings (SSSR count). The Morgan fingerprint density at radius 3 is 2.41 bits per heavy atom. The van der Waals surface area contributed by atoms with Crippen LogP contribution in [-0.4, -0.2) is 35.2 Å². The van der Waals surface area contributed by atoms with Crippen LogP contribution < -0.4 is 0 Å². The molecular formula is C27H32N2O5. The number of benzene rings is 2. The van der Waals surface area contributed by atoms with Crippen molar-refractivity contribution in [1.82, 2.24) is 0 Å². The van der Waals surface area contributed by atoms with E-state index in [9.17, 15) is 9.90 Å². The molecule has 2 aromatic rings. The number of carboxylic acid groups (broad SMARTS) is 1. The number of hydrogen-bond donors (Lipinski definition) is 1. The third-order valence-electron chi connectivity index (χ3n) is 5.35. The van der Waals surface area contributed by atoms with Gasteiger partial charge in [0.25, 0.3) is 0 Å². The van der Waals surface area contributed by atoms with E-state index in [1.165, 1.54) is 18.9 Å². The monoisotopic (exact) mass is 464 g/mol. The number of carbonyl (C=O) groups is 1. The molecule has 0 aromatic heterocycles. The lowest BCUT2D eigenvalue weighted by Crippen LogP contribution is -2.21. The number of carboxylic acids is 1. The summed E-state index contributed by atoms with van der Waals surface area (Å²) in [4.78, 5) is 23.0. The third kappa shape index (κ3) is 6.70. The summed E-state index contributed by atoms with van der Waals surface area (Å²) >= 11 is 0. The van der Waals surface area contributed by atoms with Gasteiger partial charge in [0, 0.05) is 11.5 Å². The van der Waals surface area contributed by atoms with Crippen LogP contribution in [0.15, 0.2) is 71.2 Å². The number of hydrogen-bond acceptors (Lipinski definition) is 6.